The molecule has 1 aromatic rings. The second-order valence-electron chi connectivity index (χ2n) is 2.70. The SMILES string of the molecule is FC(F)(F)OCCNc1ccccc1Cl. The molecule has 0 radical (unpaired) electrons. The Morgan fingerprint density at radius 3 is 2.53 bits per heavy atom. The second-order valence-corrected chi connectivity index (χ2v) is 3.11. The van der Waals surface area contributed by atoms with Crippen molar-refractivity contribution in [2.75, 3.05) is 18.5 Å². The Kier molecular flexibility index (Phi) is 4.23. The first-order valence-corrected chi connectivity index (χ1v) is 4.56. The average molecular weight is 240 g/mol. The van der Waals surface area contributed by atoms with Crippen molar-refractivity contribution >= 4 is 17.3 Å². The maximum absolute atomic E-state index is 11.6. The van der Waals surface area contributed by atoms with Crippen LogP contribution in [0.25, 0.3) is 0 Å². The topological polar surface area (TPSA) is 21.3 Å². The van der Waals surface area contributed by atoms with Crippen molar-refractivity contribution in [1.82, 2.24) is 0 Å². The van der Waals surface area contributed by atoms with Crippen LogP contribution in [0.5, 0.6) is 0 Å². The summed E-state index contributed by atoms with van der Waals surface area (Å²) in [6.07, 6.45) is -4.58. The summed E-state index contributed by atoms with van der Waals surface area (Å²) < 4.78 is 38.3. The van der Waals surface area contributed by atoms with Gasteiger partial charge in [-0.2, -0.15) is 0 Å². The minimum absolute atomic E-state index is 0.0449. The van der Waals surface area contributed by atoms with Crippen molar-refractivity contribution < 1.29 is 17.9 Å². The first kappa shape index (κ1) is 12.1. The number of anilines is 1. The molecule has 0 spiro atoms. The van der Waals surface area contributed by atoms with E-state index in [0.717, 1.165) is 0 Å². The fourth-order valence-corrected chi connectivity index (χ4v) is 1.16. The van der Waals surface area contributed by atoms with Gasteiger partial charge in [-0.25, -0.2) is 0 Å². The fourth-order valence-electron chi connectivity index (χ4n) is 0.957. The lowest BCUT2D eigenvalue weighted by molar-refractivity contribution is -0.322. The number of rotatable bonds is 4. The van der Waals surface area contributed by atoms with E-state index in [4.69, 9.17) is 11.6 Å². The Balaban J connectivity index is 2.30. The maximum Gasteiger partial charge on any atom is 0.522 e. The van der Waals surface area contributed by atoms with E-state index in [9.17, 15) is 13.2 Å². The molecule has 0 heterocycles. The minimum atomic E-state index is -4.58. The van der Waals surface area contributed by atoms with Crippen LogP contribution in [0.1, 0.15) is 0 Å². The summed E-state index contributed by atoms with van der Waals surface area (Å²) in [5, 5.41) is 3.19. The van der Waals surface area contributed by atoms with Crippen LogP contribution >= 0.6 is 11.6 Å². The lowest BCUT2D eigenvalue weighted by Crippen LogP contribution is -2.19. The van der Waals surface area contributed by atoms with Gasteiger partial charge in [0.25, 0.3) is 0 Å². The van der Waals surface area contributed by atoms with Gasteiger partial charge in [-0.1, -0.05) is 23.7 Å². The van der Waals surface area contributed by atoms with Crippen LogP contribution in [-0.2, 0) is 4.74 Å². The molecule has 0 aliphatic carbocycles. The van der Waals surface area contributed by atoms with Gasteiger partial charge >= 0.3 is 6.36 Å². The number of halogens is 4. The average Bonchev–Trinajstić information content (AvgIpc) is 2.13. The van der Waals surface area contributed by atoms with Crippen molar-refractivity contribution in [3.05, 3.63) is 29.3 Å². The number of hydrogen-bond donors (Lipinski definition) is 1. The summed E-state index contributed by atoms with van der Waals surface area (Å²) in [6.45, 7) is -0.405. The van der Waals surface area contributed by atoms with Crippen LogP contribution in [-0.4, -0.2) is 19.5 Å². The molecule has 2 nitrogen and oxygen atoms in total. The van der Waals surface area contributed by atoms with Gasteiger partial charge in [0.05, 0.1) is 17.3 Å². The molecule has 0 saturated carbocycles. The van der Waals surface area contributed by atoms with Crippen LogP contribution < -0.4 is 5.32 Å². The van der Waals surface area contributed by atoms with Crippen LogP contribution in [0.4, 0.5) is 18.9 Å². The lowest BCUT2D eigenvalue weighted by atomic mass is 10.3. The summed E-state index contributed by atoms with van der Waals surface area (Å²) in [5.41, 5.74) is 0.588. The number of ether oxygens (including phenoxy) is 1. The van der Waals surface area contributed by atoms with E-state index < -0.39 is 13.0 Å². The van der Waals surface area contributed by atoms with Gasteiger partial charge in [0, 0.05) is 6.54 Å². The van der Waals surface area contributed by atoms with Gasteiger partial charge in [0.1, 0.15) is 0 Å². The maximum atomic E-state index is 11.6. The van der Waals surface area contributed by atoms with Gasteiger partial charge < -0.3 is 5.32 Å². The molecule has 0 bridgehead atoms. The summed E-state index contributed by atoms with van der Waals surface area (Å²) >= 11 is 5.77. The quantitative estimate of drug-likeness (QED) is 0.814. The van der Waals surface area contributed by atoms with Crippen LogP contribution in [0, 0.1) is 0 Å². The summed E-state index contributed by atoms with van der Waals surface area (Å²) in [6, 6.07) is 6.79. The number of para-hydroxylation sites is 1. The van der Waals surface area contributed by atoms with Crippen molar-refractivity contribution in [2.45, 2.75) is 6.36 Å². The molecule has 1 aromatic carbocycles. The van der Waals surface area contributed by atoms with Crippen LogP contribution in [0.2, 0.25) is 5.02 Å². The smallest absolute Gasteiger partial charge is 0.382 e. The molecule has 0 aromatic heterocycles. The zero-order valence-electron chi connectivity index (χ0n) is 7.64. The molecule has 1 N–H and O–H groups in total. The third-order valence-electron chi connectivity index (χ3n) is 1.56. The first-order valence-electron chi connectivity index (χ1n) is 4.18. The van der Waals surface area contributed by atoms with E-state index in [1.165, 1.54) is 0 Å². The first-order chi connectivity index (χ1) is 6.99. The highest BCUT2D eigenvalue weighted by atomic mass is 35.5. The third-order valence-corrected chi connectivity index (χ3v) is 1.89. The van der Waals surface area contributed by atoms with Gasteiger partial charge in [-0.15, -0.1) is 13.2 Å². The lowest BCUT2D eigenvalue weighted by Gasteiger charge is -2.09. The predicted molar refractivity (Wildman–Crippen MR) is 51.9 cm³/mol. The summed E-state index contributed by atoms with van der Waals surface area (Å²) in [7, 11) is 0. The molecule has 0 fully saturated rings. The van der Waals surface area contributed by atoms with Crippen molar-refractivity contribution in [3.8, 4) is 0 Å². The molecular formula is C9H9ClF3NO. The molecule has 0 aliphatic heterocycles. The Labute approximate surface area is 90.0 Å². The highest BCUT2D eigenvalue weighted by Gasteiger charge is 2.28. The predicted octanol–water partition coefficient (Wildman–Crippen LogP) is 3.29. The van der Waals surface area contributed by atoms with Gasteiger partial charge in [0.2, 0.25) is 0 Å². The van der Waals surface area contributed by atoms with Gasteiger partial charge in [0.15, 0.2) is 0 Å². The highest BCUT2D eigenvalue weighted by Crippen LogP contribution is 2.20. The van der Waals surface area contributed by atoms with Gasteiger partial charge in [-0.05, 0) is 12.1 Å². The zero-order valence-corrected chi connectivity index (χ0v) is 8.40. The number of benzene rings is 1. The molecule has 0 amide bonds. The van der Waals surface area contributed by atoms with E-state index in [0.29, 0.717) is 10.7 Å². The molecule has 6 heteroatoms. The van der Waals surface area contributed by atoms with Gasteiger partial charge in [-0.3, -0.25) is 4.74 Å². The number of alkyl halides is 3. The molecule has 0 saturated heterocycles. The summed E-state index contributed by atoms with van der Waals surface area (Å²) in [4.78, 5) is 0. The van der Waals surface area contributed by atoms with Crippen LogP contribution in [0.15, 0.2) is 24.3 Å². The molecule has 15 heavy (non-hydrogen) atoms. The van der Waals surface area contributed by atoms with Crippen molar-refractivity contribution in [3.63, 3.8) is 0 Å². The van der Waals surface area contributed by atoms with Crippen molar-refractivity contribution in [2.24, 2.45) is 0 Å². The highest BCUT2D eigenvalue weighted by molar-refractivity contribution is 6.33. The van der Waals surface area contributed by atoms with E-state index >= 15 is 0 Å². The number of hydrogen-bond acceptors (Lipinski definition) is 2. The largest absolute Gasteiger partial charge is 0.522 e. The van der Waals surface area contributed by atoms with E-state index in [2.05, 4.69) is 10.1 Å². The monoisotopic (exact) mass is 239 g/mol. The third kappa shape index (κ3) is 4.90. The van der Waals surface area contributed by atoms with E-state index in [1.54, 1.807) is 24.3 Å². The normalized spacial score (nSPS) is 11.5. The standard InChI is InChI=1S/C9H9ClF3NO/c10-7-3-1-2-4-8(7)14-5-6-15-9(11,12)13/h1-4,14H,5-6H2. The van der Waals surface area contributed by atoms with E-state index in [1.807, 2.05) is 0 Å². The Morgan fingerprint density at radius 2 is 1.93 bits per heavy atom. The van der Waals surface area contributed by atoms with E-state index in [-0.39, 0.29) is 6.54 Å². The molecule has 0 unspecified atom stereocenters. The molecule has 0 atom stereocenters. The molecular weight excluding hydrogens is 231 g/mol. The Morgan fingerprint density at radius 1 is 1.27 bits per heavy atom. The van der Waals surface area contributed by atoms with Crippen molar-refractivity contribution in [1.29, 1.82) is 0 Å². The molecule has 0 aliphatic rings. The minimum Gasteiger partial charge on any atom is -0.382 e. The fraction of sp³-hybridized carbons (Fsp3) is 0.333. The molecule has 1 rings (SSSR count). The second kappa shape index (κ2) is 5.23. The molecule has 84 valence electrons. The van der Waals surface area contributed by atoms with Crippen LogP contribution in [0.3, 0.4) is 0 Å². The Bertz CT molecular complexity index is 316. The number of nitrogens with one attached hydrogen (secondary N) is 1. The Hall–Kier alpha value is -0.940. The zero-order chi connectivity index (χ0) is 11.3. The summed E-state index contributed by atoms with van der Waals surface area (Å²) in [5.74, 6) is 0.